The van der Waals surface area contributed by atoms with Gasteiger partial charge >= 0.3 is 0 Å². The molecular formula is C18H14ClN3O5. The van der Waals surface area contributed by atoms with Gasteiger partial charge in [0, 0.05) is 25.0 Å². The molecule has 2 aromatic carbocycles. The zero-order chi connectivity index (χ0) is 19.7. The van der Waals surface area contributed by atoms with E-state index >= 15 is 0 Å². The monoisotopic (exact) mass is 387 g/mol. The van der Waals surface area contributed by atoms with E-state index in [1.54, 1.807) is 29.8 Å². The van der Waals surface area contributed by atoms with Crippen molar-refractivity contribution in [3.63, 3.8) is 0 Å². The number of aromatic nitrogens is 1. The summed E-state index contributed by atoms with van der Waals surface area (Å²) in [6.45, 7) is 0. The number of nitrogens with one attached hydrogen (secondary N) is 1. The molecule has 1 amide bonds. The van der Waals surface area contributed by atoms with Crippen molar-refractivity contribution in [1.82, 2.24) is 4.57 Å². The van der Waals surface area contributed by atoms with Crippen molar-refractivity contribution in [2.75, 3.05) is 12.4 Å². The topological polar surface area (TPSA) is 103 Å². The summed E-state index contributed by atoms with van der Waals surface area (Å²) in [4.78, 5) is 35.7. The molecule has 0 bridgehead atoms. The van der Waals surface area contributed by atoms with Crippen LogP contribution in [-0.4, -0.2) is 22.5 Å². The molecule has 27 heavy (non-hydrogen) atoms. The average molecular weight is 388 g/mol. The molecule has 9 heteroatoms. The Balaban J connectivity index is 2.04. The number of hydrogen-bond donors (Lipinski definition) is 1. The number of nitrogens with zero attached hydrogens (tertiary/aromatic N) is 2. The number of benzene rings is 2. The Morgan fingerprint density at radius 3 is 2.67 bits per heavy atom. The molecule has 0 aliphatic heterocycles. The van der Waals surface area contributed by atoms with Gasteiger partial charge in [0.1, 0.15) is 16.3 Å². The van der Waals surface area contributed by atoms with E-state index in [0.29, 0.717) is 16.7 Å². The third-order valence-corrected chi connectivity index (χ3v) is 4.36. The minimum absolute atomic E-state index is 0.0493. The maximum absolute atomic E-state index is 12.8. The summed E-state index contributed by atoms with van der Waals surface area (Å²) >= 11 is 5.77. The maximum atomic E-state index is 12.8. The first kappa shape index (κ1) is 18.4. The van der Waals surface area contributed by atoms with Crippen LogP contribution in [0.3, 0.4) is 0 Å². The Bertz CT molecular complexity index is 1140. The summed E-state index contributed by atoms with van der Waals surface area (Å²) in [5.74, 6) is -0.192. The van der Waals surface area contributed by atoms with Gasteiger partial charge in [-0.25, -0.2) is 0 Å². The summed E-state index contributed by atoms with van der Waals surface area (Å²) in [5.41, 5.74) is -0.118. The van der Waals surface area contributed by atoms with Crippen molar-refractivity contribution in [2.24, 2.45) is 7.05 Å². The highest BCUT2D eigenvalue weighted by Crippen LogP contribution is 2.27. The summed E-state index contributed by atoms with van der Waals surface area (Å²) in [5, 5.41) is 13.8. The molecule has 3 aromatic rings. The van der Waals surface area contributed by atoms with Crippen LogP contribution in [0.25, 0.3) is 10.9 Å². The van der Waals surface area contributed by atoms with Crippen molar-refractivity contribution in [2.45, 2.75) is 0 Å². The minimum Gasteiger partial charge on any atom is -0.497 e. The normalized spacial score (nSPS) is 10.6. The van der Waals surface area contributed by atoms with E-state index in [0.717, 1.165) is 6.07 Å². The van der Waals surface area contributed by atoms with Crippen LogP contribution in [0, 0.1) is 10.1 Å². The zero-order valence-corrected chi connectivity index (χ0v) is 15.1. The van der Waals surface area contributed by atoms with Crippen LogP contribution in [0.2, 0.25) is 5.02 Å². The number of anilines is 1. The summed E-state index contributed by atoms with van der Waals surface area (Å²) in [7, 11) is 3.19. The van der Waals surface area contributed by atoms with E-state index in [9.17, 15) is 19.7 Å². The van der Waals surface area contributed by atoms with Crippen LogP contribution in [0.4, 0.5) is 11.4 Å². The van der Waals surface area contributed by atoms with E-state index in [1.165, 1.54) is 25.4 Å². The number of amides is 1. The number of pyridine rings is 1. The van der Waals surface area contributed by atoms with Crippen LogP contribution < -0.4 is 15.5 Å². The highest BCUT2D eigenvalue weighted by atomic mass is 35.5. The van der Waals surface area contributed by atoms with Gasteiger partial charge in [-0.2, -0.15) is 0 Å². The molecule has 0 spiro atoms. The standard InChI is InChI=1S/C18H14ClN3O5/c1-21-9-13(17(23)12-8-11(27-2)4-6-15(12)21)18(24)20-10-3-5-14(19)16(7-10)22(25)26/h3-9H,1-2H3,(H,20,24). The first-order valence-electron chi connectivity index (χ1n) is 7.74. The number of nitro benzene ring substituents is 1. The van der Waals surface area contributed by atoms with Gasteiger partial charge in [0.2, 0.25) is 5.43 Å². The Hall–Kier alpha value is -3.39. The quantitative estimate of drug-likeness (QED) is 0.546. The predicted molar refractivity (Wildman–Crippen MR) is 102 cm³/mol. The number of rotatable bonds is 4. The second kappa shape index (κ2) is 7.08. The smallest absolute Gasteiger partial charge is 0.289 e. The van der Waals surface area contributed by atoms with Gasteiger partial charge in [0.25, 0.3) is 11.6 Å². The Labute approximate surface area is 158 Å². The number of halogens is 1. The van der Waals surface area contributed by atoms with Gasteiger partial charge in [0.15, 0.2) is 0 Å². The average Bonchev–Trinajstić information content (AvgIpc) is 2.65. The van der Waals surface area contributed by atoms with Crippen LogP contribution in [0.5, 0.6) is 5.75 Å². The van der Waals surface area contributed by atoms with Crippen molar-refractivity contribution in [3.05, 3.63) is 73.5 Å². The van der Waals surface area contributed by atoms with Gasteiger partial charge < -0.3 is 14.6 Å². The molecule has 0 atom stereocenters. The van der Waals surface area contributed by atoms with Gasteiger partial charge in [-0.1, -0.05) is 11.6 Å². The lowest BCUT2D eigenvalue weighted by Crippen LogP contribution is -2.23. The summed E-state index contributed by atoms with van der Waals surface area (Å²) < 4.78 is 6.78. The number of fused-ring (bicyclic) bond motifs is 1. The van der Waals surface area contributed by atoms with Gasteiger partial charge in [-0.05, 0) is 30.3 Å². The molecular weight excluding hydrogens is 374 g/mol. The SMILES string of the molecule is COc1ccc2c(c1)c(=O)c(C(=O)Nc1ccc(Cl)c([N+](=O)[O-])c1)cn2C. The second-order valence-corrected chi connectivity index (χ2v) is 6.15. The lowest BCUT2D eigenvalue weighted by molar-refractivity contribution is -0.384. The first-order chi connectivity index (χ1) is 12.8. The molecule has 0 aliphatic rings. The van der Waals surface area contributed by atoms with E-state index in [4.69, 9.17) is 16.3 Å². The molecule has 0 fully saturated rings. The van der Waals surface area contributed by atoms with E-state index in [-0.39, 0.29) is 22.0 Å². The number of carbonyl (C=O) groups is 1. The maximum Gasteiger partial charge on any atom is 0.289 e. The first-order valence-corrected chi connectivity index (χ1v) is 8.12. The lowest BCUT2D eigenvalue weighted by atomic mass is 10.1. The van der Waals surface area contributed by atoms with Crippen molar-refractivity contribution >= 4 is 39.8 Å². The van der Waals surface area contributed by atoms with Crippen molar-refractivity contribution < 1.29 is 14.5 Å². The predicted octanol–water partition coefficient (Wildman–Crippen LogP) is 3.36. The van der Waals surface area contributed by atoms with E-state index < -0.39 is 16.3 Å². The number of ether oxygens (including phenoxy) is 1. The van der Waals surface area contributed by atoms with Gasteiger partial charge in [-0.3, -0.25) is 19.7 Å². The molecule has 3 rings (SSSR count). The molecule has 0 saturated heterocycles. The summed E-state index contributed by atoms with van der Waals surface area (Å²) in [6.07, 6.45) is 1.41. The van der Waals surface area contributed by atoms with Gasteiger partial charge in [-0.15, -0.1) is 0 Å². The molecule has 8 nitrogen and oxygen atoms in total. The third kappa shape index (κ3) is 3.47. The van der Waals surface area contributed by atoms with E-state index in [2.05, 4.69) is 5.32 Å². The lowest BCUT2D eigenvalue weighted by Gasteiger charge is -2.11. The Kier molecular flexibility index (Phi) is 4.83. The third-order valence-electron chi connectivity index (χ3n) is 4.04. The zero-order valence-electron chi connectivity index (χ0n) is 14.4. The number of nitro groups is 1. The highest BCUT2D eigenvalue weighted by Gasteiger charge is 2.18. The number of hydrogen-bond acceptors (Lipinski definition) is 5. The van der Waals surface area contributed by atoms with Crippen molar-refractivity contribution in [3.8, 4) is 5.75 Å². The molecule has 138 valence electrons. The molecule has 1 heterocycles. The van der Waals surface area contributed by atoms with Crippen molar-refractivity contribution in [1.29, 1.82) is 0 Å². The molecule has 0 unspecified atom stereocenters. The fourth-order valence-corrected chi connectivity index (χ4v) is 2.88. The number of aryl methyl sites for hydroxylation is 1. The van der Waals surface area contributed by atoms with Crippen LogP contribution in [-0.2, 0) is 7.05 Å². The molecule has 1 aromatic heterocycles. The largest absolute Gasteiger partial charge is 0.497 e. The molecule has 0 radical (unpaired) electrons. The minimum atomic E-state index is -0.683. The van der Waals surface area contributed by atoms with Crippen LogP contribution in [0.1, 0.15) is 10.4 Å². The molecule has 0 saturated carbocycles. The number of carbonyl (C=O) groups excluding carboxylic acids is 1. The van der Waals surface area contributed by atoms with E-state index in [1.807, 2.05) is 0 Å². The summed E-state index contributed by atoms with van der Waals surface area (Å²) in [6, 6.07) is 8.85. The Morgan fingerprint density at radius 2 is 2.00 bits per heavy atom. The van der Waals surface area contributed by atoms with Crippen LogP contribution >= 0.6 is 11.6 Å². The fourth-order valence-electron chi connectivity index (χ4n) is 2.69. The van der Waals surface area contributed by atoms with Crippen LogP contribution in [0.15, 0.2) is 47.4 Å². The molecule has 1 N–H and O–H groups in total. The number of methoxy groups -OCH3 is 1. The second-order valence-electron chi connectivity index (χ2n) is 5.74. The Morgan fingerprint density at radius 1 is 1.26 bits per heavy atom. The molecule has 0 aliphatic carbocycles. The highest BCUT2D eigenvalue weighted by molar-refractivity contribution is 6.32. The van der Waals surface area contributed by atoms with Gasteiger partial charge in [0.05, 0.1) is 22.9 Å². The fraction of sp³-hybridized carbons (Fsp3) is 0.111.